The Kier molecular flexibility index (Phi) is 4.80. The molecule has 0 unspecified atom stereocenters. The standard InChI is InChI=1S/C11H21N3OS/c1-5-6-16-7-8-13-10(15-14-8)9(12)11(2,3)4/h9H,5-7,12H2,1-4H3/t9-/m1/s1. The zero-order chi connectivity index (χ0) is 12.2. The number of aromatic nitrogens is 2. The Morgan fingerprint density at radius 3 is 2.69 bits per heavy atom. The molecule has 0 spiro atoms. The Morgan fingerprint density at radius 1 is 1.44 bits per heavy atom. The first-order valence-electron chi connectivity index (χ1n) is 5.61. The highest BCUT2D eigenvalue weighted by molar-refractivity contribution is 7.98. The molecule has 2 N–H and O–H groups in total. The summed E-state index contributed by atoms with van der Waals surface area (Å²) in [7, 11) is 0. The fraction of sp³-hybridized carbons (Fsp3) is 0.818. The predicted molar refractivity (Wildman–Crippen MR) is 67.1 cm³/mol. The molecule has 0 radical (unpaired) electrons. The Morgan fingerprint density at radius 2 is 2.12 bits per heavy atom. The summed E-state index contributed by atoms with van der Waals surface area (Å²) in [6, 6.07) is -0.204. The predicted octanol–water partition coefficient (Wildman–Crippen LogP) is 2.76. The molecule has 0 amide bonds. The highest BCUT2D eigenvalue weighted by atomic mass is 32.2. The van der Waals surface area contributed by atoms with Crippen molar-refractivity contribution in [2.45, 2.75) is 45.9 Å². The molecule has 1 atom stereocenters. The van der Waals surface area contributed by atoms with E-state index in [2.05, 4.69) is 37.8 Å². The lowest BCUT2D eigenvalue weighted by atomic mass is 9.87. The van der Waals surface area contributed by atoms with E-state index >= 15 is 0 Å². The second kappa shape index (κ2) is 5.68. The quantitative estimate of drug-likeness (QED) is 0.805. The number of nitrogens with zero attached hydrogens (tertiary/aromatic N) is 2. The van der Waals surface area contributed by atoms with Crippen LogP contribution >= 0.6 is 11.8 Å². The molecule has 4 nitrogen and oxygen atoms in total. The molecule has 0 fully saturated rings. The van der Waals surface area contributed by atoms with Gasteiger partial charge in [-0.25, -0.2) is 0 Å². The van der Waals surface area contributed by atoms with Gasteiger partial charge in [0.05, 0.1) is 11.8 Å². The summed E-state index contributed by atoms with van der Waals surface area (Å²) in [6.07, 6.45) is 1.16. The van der Waals surface area contributed by atoms with Gasteiger partial charge in [0.15, 0.2) is 5.82 Å². The van der Waals surface area contributed by atoms with E-state index in [1.165, 1.54) is 0 Å². The lowest BCUT2D eigenvalue weighted by Crippen LogP contribution is -2.26. The minimum atomic E-state index is -0.204. The Balaban J connectivity index is 2.57. The molecule has 0 bridgehead atoms. The first-order chi connectivity index (χ1) is 7.45. The van der Waals surface area contributed by atoms with Crippen molar-refractivity contribution in [2.75, 3.05) is 5.75 Å². The summed E-state index contributed by atoms with van der Waals surface area (Å²) in [5.41, 5.74) is 5.98. The third-order valence-electron chi connectivity index (χ3n) is 2.26. The van der Waals surface area contributed by atoms with Crippen LogP contribution in [0.15, 0.2) is 4.52 Å². The summed E-state index contributed by atoms with van der Waals surface area (Å²) in [5.74, 6) is 3.20. The molecule has 0 aliphatic carbocycles. The van der Waals surface area contributed by atoms with E-state index in [1.54, 1.807) is 0 Å². The average Bonchev–Trinajstić information content (AvgIpc) is 2.64. The summed E-state index contributed by atoms with van der Waals surface area (Å²) < 4.78 is 5.18. The number of rotatable bonds is 5. The van der Waals surface area contributed by atoms with Crippen molar-refractivity contribution >= 4 is 11.8 Å². The van der Waals surface area contributed by atoms with E-state index in [-0.39, 0.29) is 11.5 Å². The van der Waals surface area contributed by atoms with Gasteiger partial charge in [-0.15, -0.1) is 0 Å². The van der Waals surface area contributed by atoms with Crippen LogP contribution in [0.4, 0.5) is 0 Å². The van der Waals surface area contributed by atoms with Crippen molar-refractivity contribution in [1.82, 2.24) is 10.1 Å². The van der Waals surface area contributed by atoms with Crippen LogP contribution in [0, 0.1) is 5.41 Å². The van der Waals surface area contributed by atoms with Crippen LogP contribution in [-0.2, 0) is 5.75 Å². The maximum absolute atomic E-state index is 6.04. The zero-order valence-electron chi connectivity index (χ0n) is 10.5. The Bertz CT molecular complexity index is 319. The van der Waals surface area contributed by atoms with Gasteiger partial charge in [0.1, 0.15) is 0 Å². The summed E-state index contributed by atoms with van der Waals surface area (Å²) in [6.45, 7) is 8.35. The Hall–Kier alpha value is -0.550. The Labute approximate surface area is 101 Å². The van der Waals surface area contributed by atoms with Crippen molar-refractivity contribution in [2.24, 2.45) is 11.1 Å². The van der Waals surface area contributed by atoms with E-state index in [1.807, 2.05) is 11.8 Å². The van der Waals surface area contributed by atoms with Crippen molar-refractivity contribution in [3.63, 3.8) is 0 Å². The van der Waals surface area contributed by atoms with Gasteiger partial charge in [0.2, 0.25) is 5.89 Å². The van der Waals surface area contributed by atoms with Crippen LogP contribution in [-0.4, -0.2) is 15.9 Å². The number of thioether (sulfide) groups is 1. The van der Waals surface area contributed by atoms with Gasteiger partial charge in [-0.05, 0) is 17.6 Å². The lowest BCUT2D eigenvalue weighted by molar-refractivity contribution is 0.252. The average molecular weight is 243 g/mol. The van der Waals surface area contributed by atoms with Crippen molar-refractivity contribution in [3.8, 4) is 0 Å². The van der Waals surface area contributed by atoms with Gasteiger partial charge in [0, 0.05) is 0 Å². The molecule has 1 aromatic heterocycles. The molecular weight excluding hydrogens is 222 g/mol. The molecule has 0 aliphatic rings. The largest absolute Gasteiger partial charge is 0.338 e. The maximum atomic E-state index is 6.04. The molecule has 16 heavy (non-hydrogen) atoms. The van der Waals surface area contributed by atoms with Gasteiger partial charge in [0.25, 0.3) is 0 Å². The molecule has 1 aromatic rings. The van der Waals surface area contributed by atoms with E-state index in [0.717, 1.165) is 23.8 Å². The fourth-order valence-corrected chi connectivity index (χ4v) is 1.86. The van der Waals surface area contributed by atoms with Gasteiger partial charge in [-0.1, -0.05) is 32.9 Å². The van der Waals surface area contributed by atoms with E-state index < -0.39 is 0 Å². The summed E-state index contributed by atoms with van der Waals surface area (Å²) in [4.78, 5) is 4.32. The minimum Gasteiger partial charge on any atom is -0.338 e. The van der Waals surface area contributed by atoms with Crippen LogP contribution < -0.4 is 5.73 Å². The van der Waals surface area contributed by atoms with Crippen LogP contribution in [0.25, 0.3) is 0 Å². The fourth-order valence-electron chi connectivity index (χ4n) is 1.13. The summed E-state index contributed by atoms with van der Waals surface area (Å²) in [5, 5.41) is 3.94. The second-order valence-electron chi connectivity index (χ2n) is 4.95. The highest BCUT2D eigenvalue weighted by Crippen LogP contribution is 2.29. The molecule has 92 valence electrons. The minimum absolute atomic E-state index is 0.0552. The van der Waals surface area contributed by atoms with Gasteiger partial charge in [-0.2, -0.15) is 16.7 Å². The SMILES string of the molecule is CCCSCc1noc([C@@H](N)C(C)(C)C)n1. The molecule has 0 saturated carbocycles. The first-order valence-corrected chi connectivity index (χ1v) is 6.76. The molecule has 0 aliphatic heterocycles. The van der Waals surface area contributed by atoms with Crippen LogP contribution in [0.2, 0.25) is 0 Å². The van der Waals surface area contributed by atoms with Gasteiger partial charge >= 0.3 is 0 Å². The molecular formula is C11H21N3OS. The first kappa shape index (κ1) is 13.5. The van der Waals surface area contributed by atoms with Crippen LogP contribution in [0.3, 0.4) is 0 Å². The molecule has 5 heteroatoms. The van der Waals surface area contributed by atoms with E-state index in [9.17, 15) is 0 Å². The number of hydrogen-bond acceptors (Lipinski definition) is 5. The molecule has 1 heterocycles. The second-order valence-corrected chi connectivity index (χ2v) is 6.05. The van der Waals surface area contributed by atoms with Gasteiger partial charge < -0.3 is 10.3 Å². The maximum Gasteiger partial charge on any atom is 0.244 e. The monoisotopic (exact) mass is 243 g/mol. The number of hydrogen-bond donors (Lipinski definition) is 1. The van der Waals surface area contributed by atoms with E-state index in [0.29, 0.717) is 5.89 Å². The molecule has 0 saturated heterocycles. The zero-order valence-corrected chi connectivity index (χ0v) is 11.3. The van der Waals surface area contributed by atoms with Crippen molar-refractivity contribution in [3.05, 3.63) is 11.7 Å². The third-order valence-corrected chi connectivity index (χ3v) is 3.42. The summed E-state index contributed by atoms with van der Waals surface area (Å²) >= 11 is 1.81. The molecule has 1 rings (SSSR count). The van der Waals surface area contributed by atoms with E-state index in [4.69, 9.17) is 10.3 Å². The smallest absolute Gasteiger partial charge is 0.244 e. The molecule has 0 aromatic carbocycles. The topological polar surface area (TPSA) is 64.9 Å². The van der Waals surface area contributed by atoms with Gasteiger partial charge in [-0.3, -0.25) is 0 Å². The van der Waals surface area contributed by atoms with Crippen LogP contribution in [0.5, 0.6) is 0 Å². The third kappa shape index (κ3) is 3.79. The lowest BCUT2D eigenvalue weighted by Gasteiger charge is -2.23. The van der Waals surface area contributed by atoms with Crippen LogP contribution in [0.1, 0.15) is 51.9 Å². The van der Waals surface area contributed by atoms with Crippen molar-refractivity contribution < 1.29 is 4.52 Å². The highest BCUT2D eigenvalue weighted by Gasteiger charge is 2.27. The number of nitrogens with two attached hydrogens (primary N) is 1. The van der Waals surface area contributed by atoms with Crippen molar-refractivity contribution in [1.29, 1.82) is 0 Å². The normalized spacial score (nSPS) is 14.1.